The van der Waals surface area contributed by atoms with E-state index in [4.69, 9.17) is 4.99 Å². The average molecular weight is 553 g/mol. The monoisotopic (exact) mass is 552 g/mol. The summed E-state index contributed by atoms with van der Waals surface area (Å²) in [5.74, 6) is 1.02. The summed E-state index contributed by atoms with van der Waals surface area (Å²) in [7, 11) is 0. The van der Waals surface area contributed by atoms with E-state index >= 15 is 0 Å². The molecule has 3 rings (SSSR count). The Morgan fingerprint density at radius 1 is 1.13 bits per heavy atom. The van der Waals surface area contributed by atoms with Crippen molar-refractivity contribution in [3.63, 3.8) is 0 Å². The number of hydrogen-bond acceptors (Lipinski definition) is 3. The highest BCUT2D eigenvalue weighted by molar-refractivity contribution is 14.0. The molecule has 0 aliphatic carbocycles. The molecule has 0 fully saturated rings. The molecule has 0 spiro atoms. The molecule has 1 amide bonds. The number of benzene rings is 2. The molecule has 7 heteroatoms. The van der Waals surface area contributed by atoms with E-state index in [1.54, 1.807) is 11.8 Å². The third kappa shape index (κ3) is 7.42. The molecule has 2 N–H and O–H groups in total. The fourth-order valence-corrected chi connectivity index (χ4v) is 4.30. The van der Waals surface area contributed by atoms with Crippen LogP contribution in [0.1, 0.15) is 42.0 Å². The predicted molar refractivity (Wildman–Crippen MR) is 141 cm³/mol. The SMILES string of the molecule is CCNC(=NCc1ccc(C)cc1SC)NCCCC(=O)N1Cc2ccccc2C1.I. The first kappa shape index (κ1) is 25.5. The van der Waals surface area contributed by atoms with Gasteiger partial charge < -0.3 is 15.5 Å². The van der Waals surface area contributed by atoms with Crippen molar-refractivity contribution < 1.29 is 4.79 Å². The molecular formula is C24H33IN4OS. The van der Waals surface area contributed by atoms with Gasteiger partial charge in [0, 0.05) is 37.5 Å². The molecule has 0 atom stereocenters. The molecule has 31 heavy (non-hydrogen) atoms. The van der Waals surface area contributed by atoms with E-state index in [2.05, 4.69) is 61.1 Å². The number of carbonyl (C=O) groups excluding carboxylic acids is 1. The highest BCUT2D eigenvalue weighted by Crippen LogP contribution is 2.23. The number of fused-ring (bicyclic) bond motifs is 1. The van der Waals surface area contributed by atoms with Gasteiger partial charge in [-0.05, 0) is 54.8 Å². The van der Waals surface area contributed by atoms with Crippen LogP contribution in [-0.2, 0) is 24.4 Å². The van der Waals surface area contributed by atoms with E-state index in [9.17, 15) is 4.79 Å². The van der Waals surface area contributed by atoms with Gasteiger partial charge in [0.2, 0.25) is 5.91 Å². The first-order valence-corrected chi connectivity index (χ1v) is 11.8. The number of amides is 1. The molecule has 0 saturated carbocycles. The molecule has 0 aromatic heterocycles. The van der Waals surface area contributed by atoms with Gasteiger partial charge in [0.05, 0.1) is 6.54 Å². The molecule has 2 aromatic carbocycles. The van der Waals surface area contributed by atoms with Crippen LogP contribution in [0.2, 0.25) is 0 Å². The molecule has 2 aromatic rings. The van der Waals surface area contributed by atoms with Gasteiger partial charge in [0.1, 0.15) is 0 Å². The predicted octanol–water partition coefficient (Wildman–Crippen LogP) is 4.71. The second kappa shape index (κ2) is 13.0. The summed E-state index contributed by atoms with van der Waals surface area (Å²) in [6.45, 7) is 7.81. The molecule has 0 saturated heterocycles. The van der Waals surface area contributed by atoms with Crippen LogP contribution in [0.4, 0.5) is 0 Å². The van der Waals surface area contributed by atoms with Gasteiger partial charge in [-0.1, -0.05) is 36.4 Å². The van der Waals surface area contributed by atoms with Crippen molar-refractivity contribution in [2.24, 2.45) is 4.99 Å². The Morgan fingerprint density at radius 3 is 2.48 bits per heavy atom. The second-order valence-corrected chi connectivity index (χ2v) is 8.41. The Labute approximate surface area is 207 Å². The number of nitrogens with one attached hydrogen (secondary N) is 2. The maximum Gasteiger partial charge on any atom is 0.223 e. The fraction of sp³-hybridized carbons (Fsp3) is 0.417. The third-order valence-electron chi connectivity index (χ3n) is 5.25. The van der Waals surface area contributed by atoms with Crippen molar-refractivity contribution in [3.05, 3.63) is 64.7 Å². The number of aryl methyl sites for hydroxylation is 1. The number of halogens is 1. The van der Waals surface area contributed by atoms with Crippen molar-refractivity contribution in [2.75, 3.05) is 19.3 Å². The Bertz CT molecular complexity index is 878. The van der Waals surface area contributed by atoms with E-state index in [0.29, 0.717) is 13.0 Å². The zero-order chi connectivity index (χ0) is 21.3. The van der Waals surface area contributed by atoms with E-state index in [1.807, 2.05) is 17.0 Å². The molecule has 0 radical (unpaired) electrons. The molecular weight excluding hydrogens is 519 g/mol. The van der Waals surface area contributed by atoms with Crippen molar-refractivity contribution in [2.45, 2.75) is 51.2 Å². The fourth-order valence-electron chi connectivity index (χ4n) is 3.60. The number of nitrogens with zero attached hydrogens (tertiary/aromatic N) is 2. The summed E-state index contributed by atoms with van der Waals surface area (Å²) in [5, 5.41) is 6.66. The summed E-state index contributed by atoms with van der Waals surface area (Å²) in [4.78, 5) is 20.5. The van der Waals surface area contributed by atoms with Gasteiger partial charge in [0.15, 0.2) is 5.96 Å². The van der Waals surface area contributed by atoms with E-state index in [0.717, 1.165) is 38.6 Å². The normalized spacial score (nSPS) is 12.9. The first-order valence-electron chi connectivity index (χ1n) is 10.6. The van der Waals surface area contributed by atoms with Crippen LogP contribution in [0.3, 0.4) is 0 Å². The van der Waals surface area contributed by atoms with Crippen molar-refractivity contribution >= 4 is 47.6 Å². The van der Waals surface area contributed by atoms with Gasteiger partial charge in [-0.25, -0.2) is 4.99 Å². The minimum atomic E-state index is 0. The number of carbonyl (C=O) groups is 1. The maximum absolute atomic E-state index is 12.5. The van der Waals surface area contributed by atoms with Gasteiger partial charge in [-0.3, -0.25) is 4.79 Å². The molecule has 0 bridgehead atoms. The lowest BCUT2D eigenvalue weighted by molar-refractivity contribution is -0.131. The van der Waals surface area contributed by atoms with Crippen molar-refractivity contribution in [3.8, 4) is 0 Å². The standard InChI is InChI=1S/C24H32N4OS.HI/c1-4-25-24(27-15-19-12-11-18(2)14-22(19)30-3)26-13-7-10-23(29)28-16-20-8-5-6-9-21(20)17-28;/h5-6,8-9,11-12,14H,4,7,10,13,15-17H2,1-3H3,(H2,25,26,27);1H. The number of aliphatic imine (C=N–C) groups is 1. The van der Waals surface area contributed by atoms with Crippen molar-refractivity contribution in [1.82, 2.24) is 15.5 Å². The largest absolute Gasteiger partial charge is 0.357 e. The maximum atomic E-state index is 12.5. The quantitative estimate of drug-likeness (QED) is 0.164. The van der Waals surface area contributed by atoms with Crippen LogP contribution >= 0.6 is 35.7 Å². The summed E-state index contributed by atoms with van der Waals surface area (Å²) < 4.78 is 0. The Morgan fingerprint density at radius 2 is 1.84 bits per heavy atom. The third-order valence-corrected chi connectivity index (χ3v) is 6.07. The number of guanidine groups is 1. The van der Waals surface area contributed by atoms with E-state index in [-0.39, 0.29) is 29.9 Å². The minimum Gasteiger partial charge on any atom is -0.357 e. The molecule has 1 aliphatic rings. The average Bonchev–Trinajstić information content (AvgIpc) is 3.19. The van der Waals surface area contributed by atoms with Gasteiger partial charge in [-0.15, -0.1) is 35.7 Å². The van der Waals surface area contributed by atoms with Gasteiger partial charge >= 0.3 is 0 Å². The van der Waals surface area contributed by atoms with E-state index < -0.39 is 0 Å². The lowest BCUT2D eigenvalue weighted by atomic mass is 10.1. The van der Waals surface area contributed by atoms with Crippen LogP contribution in [-0.4, -0.2) is 36.1 Å². The minimum absolute atomic E-state index is 0. The molecule has 5 nitrogen and oxygen atoms in total. The summed E-state index contributed by atoms with van der Waals surface area (Å²) >= 11 is 1.75. The summed E-state index contributed by atoms with van der Waals surface area (Å²) in [6, 6.07) is 14.8. The Balaban J connectivity index is 0.00000341. The highest BCUT2D eigenvalue weighted by Gasteiger charge is 2.22. The van der Waals surface area contributed by atoms with Crippen LogP contribution in [0, 0.1) is 6.92 Å². The zero-order valence-corrected chi connectivity index (χ0v) is 21.8. The van der Waals surface area contributed by atoms with Crippen LogP contribution < -0.4 is 10.6 Å². The zero-order valence-electron chi connectivity index (χ0n) is 18.6. The Kier molecular flexibility index (Phi) is 10.7. The molecule has 1 aliphatic heterocycles. The molecule has 168 valence electrons. The second-order valence-electron chi connectivity index (χ2n) is 7.56. The number of hydrogen-bond donors (Lipinski definition) is 2. The molecule has 0 unspecified atom stereocenters. The molecule has 1 heterocycles. The van der Waals surface area contributed by atoms with Crippen LogP contribution in [0.25, 0.3) is 0 Å². The van der Waals surface area contributed by atoms with Gasteiger partial charge in [0.25, 0.3) is 0 Å². The highest BCUT2D eigenvalue weighted by atomic mass is 127. The van der Waals surface area contributed by atoms with E-state index in [1.165, 1.54) is 27.1 Å². The summed E-state index contributed by atoms with van der Waals surface area (Å²) in [5.41, 5.74) is 5.04. The number of rotatable bonds is 8. The Hall–Kier alpha value is -1.74. The number of thioether (sulfide) groups is 1. The lowest BCUT2D eigenvalue weighted by Gasteiger charge is -2.16. The summed E-state index contributed by atoms with van der Waals surface area (Å²) in [6.07, 6.45) is 3.44. The topological polar surface area (TPSA) is 56.7 Å². The first-order chi connectivity index (χ1) is 14.6. The van der Waals surface area contributed by atoms with Crippen molar-refractivity contribution in [1.29, 1.82) is 0 Å². The smallest absolute Gasteiger partial charge is 0.223 e. The van der Waals surface area contributed by atoms with Crippen LogP contribution in [0.5, 0.6) is 0 Å². The van der Waals surface area contributed by atoms with Gasteiger partial charge in [-0.2, -0.15) is 0 Å². The lowest BCUT2D eigenvalue weighted by Crippen LogP contribution is -2.38. The van der Waals surface area contributed by atoms with Crippen LogP contribution in [0.15, 0.2) is 52.4 Å².